The van der Waals surface area contributed by atoms with Gasteiger partial charge in [0.05, 0.1) is 17.6 Å². The van der Waals surface area contributed by atoms with Gasteiger partial charge >= 0.3 is 18.0 Å². The van der Waals surface area contributed by atoms with Crippen LogP contribution in [0.2, 0.25) is 0 Å². The first-order valence-corrected chi connectivity index (χ1v) is 15.6. The molecule has 0 aliphatic heterocycles. The fraction of sp³-hybridized carbons (Fsp3) is 0.452. The number of carbonyl (C=O) groups is 5. The van der Waals surface area contributed by atoms with E-state index in [2.05, 4.69) is 53.3 Å². The maximum Gasteiger partial charge on any atom is 0.407 e. The minimum Gasteiger partial charge on any atom is -0.481 e. The quantitative estimate of drug-likeness (QED) is 0.148. The maximum atomic E-state index is 11.8. The molecule has 3 unspecified atom stereocenters. The molecule has 0 radical (unpaired) electrons. The number of carboxylic acids is 2. The Balaban J connectivity index is 0.000000403. The highest BCUT2D eigenvalue weighted by molar-refractivity contribution is 7.81. The van der Waals surface area contributed by atoms with Crippen molar-refractivity contribution >= 4 is 55.1 Å². The lowest BCUT2D eigenvalue weighted by molar-refractivity contribution is -0.142. The summed E-state index contributed by atoms with van der Waals surface area (Å²) in [5.41, 5.74) is 9.89. The fourth-order valence-corrected chi connectivity index (χ4v) is 4.07. The van der Waals surface area contributed by atoms with Crippen molar-refractivity contribution in [1.82, 2.24) is 16.0 Å². The number of thiol groups is 2. The van der Waals surface area contributed by atoms with Crippen molar-refractivity contribution < 1.29 is 38.9 Å². The average molecular weight is 665 g/mol. The summed E-state index contributed by atoms with van der Waals surface area (Å²) in [4.78, 5) is 54.3. The lowest BCUT2D eigenvalue weighted by Crippen LogP contribution is -2.34. The number of ether oxygens (including phenoxy) is 1. The minimum absolute atomic E-state index is 0.0000437. The first-order valence-electron chi connectivity index (χ1n) is 14.4. The molecule has 0 spiro atoms. The van der Waals surface area contributed by atoms with E-state index in [4.69, 9.17) is 20.7 Å². The Labute approximate surface area is 274 Å². The first kappa shape index (κ1) is 39.3. The van der Waals surface area contributed by atoms with Crippen LogP contribution < -0.4 is 21.7 Å². The van der Waals surface area contributed by atoms with E-state index in [1.54, 1.807) is 6.92 Å². The van der Waals surface area contributed by atoms with Crippen LogP contribution in [-0.2, 0) is 23.9 Å². The van der Waals surface area contributed by atoms with Crippen LogP contribution in [0, 0.1) is 17.8 Å². The number of alkyl carbamates (subject to hydrolysis) is 1. The standard InChI is InChI=1S/C19H19NO4.C6H14N2OS.C6H11NO3S/c1-12(18(21)22)10-20-19(23)24-11-17-15-8-4-2-6-13(15)14-7-3-5-9-16(14)17;1-5(4-7)6(9)8-2-3-10;1-4(6(9)10)2-7-5(8)3-11/h2-9,12,17H,10-11H2,1H3,(H,20,23)(H,21,22);5,10H,2-4,7H2,1H3,(H,8,9);4,11H,2-3H2,1H3,(H,7,8)(H,9,10). The average Bonchev–Trinajstić information content (AvgIpc) is 3.37. The number of nitrogens with two attached hydrogens (primary N) is 1. The van der Waals surface area contributed by atoms with Crippen LogP contribution in [-0.4, -0.2) is 84.4 Å². The number of fused-ring (bicyclic) bond motifs is 3. The van der Waals surface area contributed by atoms with E-state index >= 15 is 0 Å². The van der Waals surface area contributed by atoms with Gasteiger partial charge in [0.25, 0.3) is 0 Å². The summed E-state index contributed by atoms with van der Waals surface area (Å²) < 4.78 is 5.33. The molecule has 2 aromatic rings. The Morgan fingerprint density at radius 2 is 1.29 bits per heavy atom. The highest BCUT2D eigenvalue weighted by Gasteiger charge is 2.29. The van der Waals surface area contributed by atoms with Gasteiger partial charge < -0.3 is 36.6 Å². The molecule has 12 nitrogen and oxygen atoms in total. The molecule has 7 N–H and O–H groups in total. The second-order valence-corrected chi connectivity index (χ2v) is 11.1. The van der Waals surface area contributed by atoms with Crippen molar-refractivity contribution in [3.8, 4) is 11.1 Å². The van der Waals surface area contributed by atoms with Gasteiger partial charge in [-0.15, -0.1) is 0 Å². The maximum absolute atomic E-state index is 11.8. The van der Waals surface area contributed by atoms with Crippen LogP contribution in [0.1, 0.15) is 37.8 Å². The molecule has 0 fully saturated rings. The molecule has 14 heteroatoms. The van der Waals surface area contributed by atoms with Crippen LogP contribution in [0.4, 0.5) is 4.79 Å². The summed E-state index contributed by atoms with van der Waals surface area (Å²) in [6, 6.07) is 16.2. The van der Waals surface area contributed by atoms with Gasteiger partial charge in [0.15, 0.2) is 0 Å². The Hall–Kier alpha value is -3.75. The van der Waals surface area contributed by atoms with Crippen LogP contribution in [0.25, 0.3) is 11.1 Å². The molecule has 3 amide bonds. The molecular formula is C31H44N4O8S2. The third-order valence-corrected chi connectivity index (χ3v) is 7.21. The third kappa shape index (κ3) is 13.8. The number of nitrogens with one attached hydrogen (secondary N) is 3. The third-order valence-electron chi connectivity index (χ3n) is 6.70. The number of carbonyl (C=O) groups excluding carboxylic acids is 3. The van der Waals surface area contributed by atoms with Crippen LogP contribution >= 0.6 is 25.3 Å². The van der Waals surface area contributed by atoms with Crippen molar-refractivity contribution in [2.45, 2.75) is 26.7 Å². The summed E-state index contributed by atoms with van der Waals surface area (Å²) in [6.45, 7) is 6.31. The lowest BCUT2D eigenvalue weighted by atomic mass is 9.98. The van der Waals surface area contributed by atoms with E-state index in [0.717, 1.165) is 11.1 Å². The number of carboxylic acid groups (broad SMARTS) is 2. The summed E-state index contributed by atoms with van der Waals surface area (Å²) >= 11 is 7.66. The van der Waals surface area contributed by atoms with Gasteiger partial charge in [0.2, 0.25) is 11.8 Å². The molecule has 0 bridgehead atoms. The molecule has 0 aromatic heterocycles. The molecule has 1 aliphatic carbocycles. The predicted molar refractivity (Wildman–Crippen MR) is 179 cm³/mol. The second kappa shape index (κ2) is 21.1. The van der Waals surface area contributed by atoms with Crippen molar-refractivity contribution in [1.29, 1.82) is 0 Å². The molecule has 3 atom stereocenters. The Morgan fingerprint density at radius 3 is 1.73 bits per heavy atom. The van der Waals surface area contributed by atoms with Crippen LogP contribution in [0.3, 0.4) is 0 Å². The lowest BCUT2D eigenvalue weighted by Gasteiger charge is -2.15. The summed E-state index contributed by atoms with van der Waals surface area (Å²) in [5, 5.41) is 24.8. The largest absolute Gasteiger partial charge is 0.481 e. The van der Waals surface area contributed by atoms with Gasteiger partial charge in [-0.25, -0.2) is 4.79 Å². The Bertz CT molecular complexity index is 1230. The van der Waals surface area contributed by atoms with Gasteiger partial charge in [-0.3, -0.25) is 19.2 Å². The molecule has 3 rings (SSSR count). The topological polar surface area (TPSA) is 197 Å². The van der Waals surface area contributed by atoms with Gasteiger partial charge in [-0.1, -0.05) is 69.3 Å². The summed E-state index contributed by atoms with van der Waals surface area (Å²) in [6.07, 6.45) is -0.593. The van der Waals surface area contributed by atoms with Crippen molar-refractivity contribution in [3.05, 3.63) is 59.7 Å². The van der Waals surface area contributed by atoms with E-state index in [1.165, 1.54) is 25.0 Å². The minimum atomic E-state index is -0.950. The molecule has 2 aromatic carbocycles. The smallest absolute Gasteiger partial charge is 0.407 e. The Kier molecular flexibility index (Phi) is 18.4. The van der Waals surface area contributed by atoms with Gasteiger partial charge in [0, 0.05) is 43.8 Å². The summed E-state index contributed by atoms with van der Waals surface area (Å²) in [5.74, 6) is -2.62. The number of hydrogen-bond acceptors (Lipinski definition) is 9. The second-order valence-electron chi connectivity index (χ2n) is 10.3. The van der Waals surface area contributed by atoms with E-state index in [0.29, 0.717) is 18.8 Å². The van der Waals surface area contributed by atoms with Crippen molar-refractivity contribution in [2.24, 2.45) is 23.5 Å². The van der Waals surface area contributed by atoms with Crippen molar-refractivity contribution in [2.75, 3.05) is 44.3 Å². The highest BCUT2D eigenvalue weighted by Crippen LogP contribution is 2.44. The molecular weight excluding hydrogens is 620 g/mol. The molecule has 45 heavy (non-hydrogen) atoms. The number of benzene rings is 2. The highest BCUT2D eigenvalue weighted by atomic mass is 32.1. The predicted octanol–water partition coefficient (Wildman–Crippen LogP) is 2.63. The normalized spacial score (nSPS) is 13.1. The molecule has 0 saturated heterocycles. The number of amides is 3. The fourth-order valence-electron chi connectivity index (χ4n) is 3.84. The number of rotatable bonds is 13. The van der Waals surface area contributed by atoms with E-state index in [9.17, 15) is 24.0 Å². The monoisotopic (exact) mass is 664 g/mol. The van der Waals surface area contributed by atoms with Gasteiger partial charge in [0.1, 0.15) is 6.61 Å². The summed E-state index contributed by atoms with van der Waals surface area (Å²) in [7, 11) is 0. The van der Waals surface area contributed by atoms with Crippen LogP contribution in [0.15, 0.2) is 48.5 Å². The van der Waals surface area contributed by atoms with Crippen LogP contribution in [0.5, 0.6) is 0 Å². The zero-order valence-electron chi connectivity index (χ0n) is 25.7. The molecule has 0 heterocycles. The van der Waals surface area contributed by atoms with E-state index in [1.807, 2.05) is 36.4 Å². The van der Waals surface area contributed by atoms with Gasteiger partial charge in [-0.2, -0.15) is 25.3 Å². The number of aliphatic carboxylic acids is 2. The van der Waals surface area contributed by atoms with E-state index < -0.39 is 29.9 Å². The zero-order valence-corrected chi connectivity index (χ0v) is 27.5. The first-order chi connectivity index (χ1) is 21.4. The van der Waals surface area contributed by atoms with Gasteiger partial charge in [-0.05, 0) is 22.3 Å². The molecule has 0 saturated carbocycles. The zero-order chi connectivity index (χ0) is 33.9. The number of hydrogen-bond donors (Lipinski definition) is 8. The van der Waals surface area contributed by atoms with E-state index in [-0.39, 0.29) is 49.1 Å². The molecule has 248 valence electrons. The SMILES string of the molecule is CC(CN)C(=O)NCCS.CC(CNC(=O)CS)C(=O)O.CC(CNC(=O)OCC1c2ccccc2-c2ccccc21)C(=O)O. The van der Waals surface area contributed by atoms with Crippen molar-refractivity contribution in [3.63, 3.8) is 0 Å². The Morgan fingerprint density at radius 1 is 0.800 bits per heavy atom. The molecule has 1 aliphatic rings.